The molecule has 324 valence electrons. The minimum Gasteiger partial charge on any atom is -0.481 e. The first-order valence-electron chi connectivity index (χ1n) is 23.4. The molecule has 0 aromatic heterocycles. The maximum Gasteiger partial charge on any atom is 0.308 e. The molecule has 1 saturated heterocycles. The predicted octanol–water partition coefficient (Wildman–Crippen LogP) is 10.1. The lowest BCUT2D eigenvalue weighted by atomic mass is 9.46. The van der Waals surface area contributed by atoms with Crippen molar-refractivity contribution in [1.29, 1.82) is 0 Å². The summed E-state index contributed by atoms with van der Waals surface area (Å²) in [4.78, 5) is 47.6. The van der Waals surface area contributed by atoms with Crippen LogP contribution in [0.2, 0.25) is 0 Å². The van der Waals surface area contributed by atoms with E-state index in [0.717, 1.165) is 89.4 Å². The number of aliphatic carboxylic acids is 1. The van der Waals surface area contributed by atoms with E-state index in [0.29, 0.717) is 53.8 Å². The maximum atomic E-state index is 12.3. The van der Waals surface area contributed by atoms with Gasteiger partial charge in [-0.3, -0.25) is 19.2 Å². The van der Waals surface area contributed by atoms with Gasteiger partial charge in [0.25, 0.3) is 0 Å². The van der Waals surface area contributed by atoms with Gasteiger partial charge in [-0.25, -0.2) is 0 Å². The van der Waals surface area contributed by atoms with E-state index in [2.05, 4.69) is 20.8 Å². The number of carboxylic acid groups (broad SMARTS) is 1. The molecule has 1 aliphatic heterocycles. The Morgan fingerprint density at radius 2 is 1.21 bits per heavy atom. The van der Waals surface area contributed by atoms with Gasteiger partial charge in [0, 0.05) is 18.8 Å². The summed E-state index contributed by atoms with van der Waals surface area (Å²) in [5, 5.41) is 20.2. The van der Waals surface area contributed by atoms with Crippen LogP contribution in [0.5, 0.6) is 0 Å². The molecular weight excluding hydrogens is 721 g/mol. The Balaban J connectivity index is 0.000000193. The highest BCUT2D eigenvalue weighted by atomic mass is 16.6. The highest BCUT2D eigenvalue weighted by Crippen LogP contribution is 2.64. The minimum absolute atomic E-state index is 0.000675. The SMILES string of the molecule is CCC(C)C(=O)OC1CC[C@@]2(C)C(CCC3C2CC[C@](C)(O)C3CCC(=O)O)C1.CCC(C)C(=O)OC1CC[C@@]2(C)C(CCC3C2CC[C@]2(C)OC(=O)CCC32)C1. The van der Waals surface area contributed by atoms with Gasteiger partial charge in [-0.15, -0.1) is 0 Å². The highest BCUT2D eigenvalue weighted by Gasteiger charge is 2.60. The number of carbonyl (C=O) groups excluding carboxylic acids is 3. The molecule has 0 bridgehead atoms. The average Bonchev–Trinajstić information content (AvgIpc) is 3.16. The van der Waals surface area contributed by atoms with Crippen LogP contribution in [0.15, 0.2) is 0 Å². The second kappa shape index (κ2) is 17.4. The zero-order valence-electron chi connectivity index (χ0n) is 36.8. The minimum atomic E-state index is -0.772. The molecule has 9 heteroatoms. The molecule has 7 fully saturated rings. The highest BCUT2D eigenvalue weighted by molar-refractivity contribution is 5.72. The van der Waals surface area contributed by atoms with Crippen LogP contribution in [-0.4, -0.2) is 57.5 Å². The van der Waals surface area contributed by atoms with Gasteiger partial charge in [-0.1, -0.05) is 41.5 Å². The van der Waals surface area contributed by atoms with Crippen molar-refractivity contribution in [1.82, 2.24) is 0 Å². The van der Waals surface area contributed by atoms with Gasteiger partial charge in [-0.05, 0) is 182 Å². The van der Waals surface area contributed by atoms with Crippen molar-refractivity contribution in [3.63, 3.8) is 0 Å². The van der Waals surface area contributed by atoms with Crippen molar-refractivity contribution in [3.8, 4) is 0 Å². The Morgan fingerprint density at radius 3 is 1.74 bits per heavy atom. The molecule has 0 radical (unpaired) electrons. The van der Waals surface area contributed by atoms with E-state index >= 15 is 0 Å². The van der Waals surface area contributed by atoms with Crippen LogP contribution >= 0.6 is 0 Å². The normalized spacial score (nSPS) is 44.7. The zero-order chi connectivity index (χ0) is 41.5. The lowest BCUT2D eigenvalue weighted by Gasteiger charge is -2.61. The van der Waals surface area contributed by atoms with E-state index in [4.69, 9.17) is 14.2 Å². The van der Waals surface area contributed by atoms with Gasteiger partial charge in [0.1, 0.15) is 17.8 Å². The summed E-state index contributed by atoms with van der Waals surface area (Å²) in [5.41, 5.74) is -0.434. The predicted molar refractivity (Wildman–Crippen MR) is 219 cm³/mol. The number of aliphatic hydroxyl groups is 1. The number of ether oxygens (including phenoxy) is 3. The summed E-state index contributed by atoms with van der Waals surface area (Å²) in [6, 6.07) is 0. The van der Waals surface area contributed by atoms with Crippen molar-refractivity contribution in [3.05, 3.63) is 0 Å². The van der Waals surface area contributed by atoms with Crippen LogP contribution in [0.1, 0.15) is 184 Å². The first kappa shape index (κ1) is 44.4. The number of rotatable bonds is 9. The van der Waals surface area contributed by atoms with Crippen molar-refractivity contribution in [2.75, 3.05) is 0 Å². The monoisotopic (exact) mass is 799 g/mol. The topological polar surface area (TPSA) is 136 Å². The molecule has 0 amide bonds. The fraction of sp³-hybridized carbons (Fsp3) is 0.917. The second-order valence-electron chi connectivity index (χ2n) is 21.3. The van der Waals surface area contributed by atoms with Gasteiger partial charge in [0.2, 0.25) is 0 Å². The van der Waals surface area contributed by atoms with Crippen molar-refractivity contribution in [2.45, 2.75) is 207 Å². The maximum absolute atomic E-state index is 12.3. The Hall–Kier alpha value is -2.16. The largest absolute Gasteiger partial charge is 0.481 e. The van der Waals surface area contributed by atoms with Gasteiger partial charge in [0.05, 0.1) is 17.4 Å². The Morgan fingerprint density at radius 1 is 0.702 bits per heavy atom. The second-order valence-corrected chi connectivity index (χ2v) is 21.3. The van der Waals surface area contributed by atoms with Crippen LogP contribution in [-0.2, 0) is 33.4 Å². The van der Waals surface area contributed by atoms with Crippen LogP contribution in [0.4, 0.5) is 0 Å². The molecule has 7 aliphatic rings. The summed E-state index contributed by atoms with van der Waals surface area (Å²) >= 11 is 0. The lowest BCUT2D eigenvalue weighted by Crippen LogP contribution is -2.58. The Kier molecular flexibility index (Phi) is 13.6. The summed E-state index contributed by atoms with van der Waals surface area (Å²) in [5.74, 6) is 3.29. The standard InChI is InChI=1S/C24H40O5.C24H38O4/c1-5-15(2)22(27)29-17-10-12-23(3)16(14-17)6-7-18-19(23)11-13-24(4,28)20(18)8-9-21(25)26;1-5-15(2)22(26)27-17-10-12-23(3)16(14-17)6-7-18-19(23)11-13-24(4)20(18)8-9-21(25)28-24/h15-20,28H,5-14H2,1-4H3,(H,25,26);15-20H,5-14H2,1-4H3/t2*15?,16?,17?,18?,19?,20?,23-,24-/m00/s1. The number of carboxylic acids is 1. The molecule has 7 rings (SSSR count). The quantitative estimate of drug-likeness (QED) is 0.173. The van der Waals surface area contributed by atoms with Crippen LogP contribution in [0, 0.1) is 70.0 Å². The number of hydrogen-bond donors (Lipinski definition) is 2. The van der Waals surface area contributed by atoms with E-state index in [9.17, 15) is 29.4 Å². The average molecular weight is 799 g/mol. The summed E-state index contributed by atoms with van der Waals surface area (Å²) in [6.45, 7) is 17.0. The van der Waals surface area contributed by atoms with E-state index in [-0.39, 0.29) is 65.3 Å². The number of fused-ring (bicyclic) bond motifs is 8. The number of hydrogen-bond acceptors (Lipinski definition) is 8. The van der Waals surface area contributed by atoms with Crippen molar-refractivity contribution in [2.24, 2.45) is 70.0 Å². The fourth-order valence-electron chi connectivity index (χ4n) is 14.2. The molecule has 1 heterocycles. The fourth-order valence-corrected chi connectivity index (χ4v) is 14.2. The van der Waals surface area contributed by atoms with E-state index < -0.39 is 11.6 Å². The Bertz CT molecular complexity index is 1460. The molecule has 6 saturated carbocycles. The number of carbonyl (C=O) groups is 4. The van der Waals surface area contributed by atoms with Crippen LogP contribution in [0.25, 0.3) is 0 Å². The summed E-state index contributed by atoms with van der Waals surface area (Å²) < 4.78 is 17.6. The zero-order valence-corrected chi connectivity index (χ0v) is 36.8. The third kappa shape index (κ3) is 8.99. The van der Waals surface area contributed by atoms with Crippen molar-refractivity contribution < 1.29 is 43.6 Å². The van der Waals surface area contributed by atoms with Gasteiger partial charge < -0.3 is 24.4 Å². The van der Waals surface area contributed by atoms with E-state index in [1.807, 2.05) is 34.6 Å². The molecular formula is C48H78O9. The molecule has 0 aromatic carbocycles. The molecule has 9 nitrogen and oxygen atoms in total. The van der Waals surface area contributed by atoms with Crippen LogP contribution < -0.4 is 0 Å². The molecule has 6 aliphatic carbocycles. The molecule has 2 N–H and O–H groups in total. The smallest absolute Gasteiger partial charge is 0.308 e. The first-order chi connectivity index (χ1) is 26.8. The summed E-state index contributed by atoms with van der Waals surface area (Å²) in [7, 11) is 0. The number of esters is 3. The third-order valence-electron chi connectivity index (χ3n) is 18.2. The Labute approximate surface area is 343 Å². The molecule has 0 spiro atoms. The molecule has 16 atom stereocenters. The van der Waals surface area contributed by atoms with E-state index in [1.165, 1.54) is 25.7 Å². The van der Waals surface area contributed by atoms with Crippen LogP contribution in [0.3, 0.4) is 0 Å². The van der Waals surface area contributed by atoms with Gasteiger partial charge >= 0.3 is 23.9 Å². The molecule has 12 unspecified atom stereocenters. The summed E-state index contributed by atoms with van der Waals surface area (Å²) in [6.07, 6.45) is 18.9. The van der Waals surface area contributed by atoms with Crippen molar-refractivity contribution >= 4 is 23.9 Å². The molecule has 57 heavy (non-hydrogen) atoms. The third-order valence-corrected chi connectivity index (χ3v) is 18.2. The lowest BCUT2D eigenvalue weighted by molar-refractivity contribution is -0.205. The first-order valence-corrected chi connectivity index (χ1v) is 23.4. The van der Waals surface area contributed by atoms with Gasteiger partial charge in [-0.2, -0.15) is 0 Å². The van der Waals surface area contributed by atoms with E-state index in [1.54, 1.807) is 0 Å². The molecule has 0 aromatic rings. The van der Waals surface area contributed by atoms with Gasteiger partial charge in [0.15, 0.2) is 0 Å².